The van der Waals surface area contributed by atoms with E-state index in [4.69, 9.17) is 0 Å². The molecule has 3 rings (SSSR count). The molecule has 0 radical (unpaired) electrons. The van der Waals surface area contributed by atoms with Gasteiger partial charge in [-0.15, -0.1) is 0 Å². The monoisotopic (exact) mass is 278 g/mol. The van der Waals surface area contributed by atoms with Gasteiger partial charge in [-0.05, 0) is 25.2 Å². The number of aromatic nitrogens is 2. The summed E-state index contributed by atoms with van der Waals surface area (Å²) in [6, 6.07) is 2.89. The van der Waals surface area contributed by atoms with Gasteiger partial charge >= 0.3 is 0 Å². The molecule has 1 aliphatic carbocycles. The van der Waals surface area contributed by atoms with E-state index in [9.17, 15) is 0 Å². The number of hydrogen-bond acceptors (Lipinski definition) is 5. The lowest BCUT2D eigenvalue weighted by molar-refractivity contribution is 0.187. The lowest BCUT2D eigenvalue weighted by Crippen LogP contribution is -2.50. The Hall–Kier alpha value is -0.810. The molecule has 104 valence electrons. The van der Waals surface area contributed by atoms with Gasteiger partial charge in [0.05, 0.1) is 0 Å². The van der Waals surface area contributed by atoms with Crippen molar-refractivity contribution < 1.29 is 0 Å². The highest BCUT2D eigenvalue weighted by Gasteiger charge is 2.26. The van der Waals surface area contributed by atoms with E-state index in [1.165, 1.54) is 38.8 Å². The molecule has 1 aromatic rings. The first-order valence-corrected chi connectivity index (χ1v) is 8.45. The van der Waals surface area contributed by atoms with E-state index in [2.05, 4.69) is 19.8 Å². The summed E-state index contributed by atoms with van der Waals surface area (Å²) in [5.41, 5.74) is 0. The number of anilines is 1. The van der Waals surface area contributed by atoms with Gasteiger partial charge in [0.15, 0.2) is 5.16 Å². The molecule has 0 atom stereocenters. The lowest BCUT2D eigenvalue weighted by Gasteiger charge is -2.38. The largest absolute Gasteiger partial charge is 0.354 e. The van der Waals surface area contributed by atoms with Gasteiger partial charge in [0, 0.05) is 38.4 Å². The molecule has 1 saturated carbocycles. The summed E-state index contributed by atoms with van der Waals surface area (Å²) in [6.45, 7) is 4.56. The van der Waals surface area contributed by atoms with Crippen molar-refractivity contribution in [3.05, 3.63) is 12.3 Å². The minimum absolute atomic E-state index is 0.856. The highest BCUT2D eigenvalue weighted by atomic mass is 32.2. The SMILES string of the molecule is CSc1nccc(N2CCN(C3CCCC3)CC2)n1. The summed E-state index contributed by atoms with van der Waals surface area (Å²) in [7, 11) is 0. The smallest absolute Gasteiger partial charge is 0.189 e. The summed E-state index contributed by atoms with van der Waals surface area (Å²) < 4.78 is 0. The number of hydrogen-bond donors (Lipinski definition) is 0. The number of nitrogens with zero attached hydrogens (tertiary/aromatic N) is 4. The molecule has 4 nitrogen and oxygen atoms in total. The topological polar surface area (TPSA) is 32.3 Å². The van der Waals surface area contributed by atoms with Crippen LogP contribution in [0.1, 0.15) is 25.7 Å². The van der Waals surface area contributed by atoms with E-state index in [0.717, 1.165) is 30.1 Å². The molecular weight excluding hydrogens is 256 g/mol. The van der Waals surface area contributed by atoms with Crippen LogP contribution in [-0.2, 0) is 0 Å². The molecule has 1 aliphatic heterocycles. The van der Waals surface area contributed by atoms with Crippen LogP contribution in [0.5, 0.6) is 0 Å². The fraction of sp³-hybridized carbons (Fsp3) is 0.714. The molecule has 2 fully saturated rings. The predicted molar refractivity (Wildman–Crippen MR) is 79.9 cm³/mol. The van der Waals surface area contributed by atoms with E-state index in [1.807, 2.05) is 18.5 Å². The normalized spacial score (nSPS) is 22.1. The molecule has 0 unspecified atom stereocenters. The Morgan fingerprint density at radius 3 is 2.58 bits per heavy atom. The van der Waals surface area contributed by atoms with E-state index in [-0.39, 0.29) is 0 Å². The lowest BCUT2D eigenvalue weighted by atomic mass is 10.2. The van der Waals surface area contributed by atoms with Gasteiger partial charge in [-0.25, -0.2) is 9.97 Å². The maximum Gasteiger partial charge on any atom is 0.189 e. The average molecular weight is 278 g/mol. The summed E-state index contributed by atoms with van der Waals surface area (Å²) in [5.74, 6) is 1.09. The van der Waals surface area contributed by atoms with Gasteiger partial charge in [0.25, 0.3) is 0 Å². The van der Waals surface area contributed by atoms with Crippen molar-refractivity contribution in [2.45, 2.75) is 36.9 Å². The standard InChI is InChI=1S/C14H22N4S/c1-19-14-15-7-6-13(16-14)18-10-8-17(9-11-18)12-4-2-3-5-12/h6-7,12H,2-5,8-11H2,1H3. The Bertz CT molecular complexity index is 412. The van der Waals surface area contributed by atoms with Crippen LogP contribution in [0.25, 0.3) is 0 Å². The third-order valence-corrected chi connectivity index (χ3v) is 4.84. The predicted octanol–water partition coefficient (Wildman–Crippen LogP) is 2.26. The third kappa shape index (κ3) is 3.03. The second kappa shape index (κ2) is 6.09. The number of piperazine rings is 1. The Labute approximate surface area is 119 Å². The molecule has 1 aromatic heterocycles. The van der Waals surface area contributed by atoms with Crippen LogP contribution in [0.3, 0.4) is 0 Å². The molecule has 0 spiro atoms. The fourth-order valence-electron chi connectivity index (χ4n) is 3.19. The van der Waals surface area contributed by atoms with Crippen LogP contribution < -0.4 is 4.90 Å². The first-order chi connectivity index (χ1) is 9.36. The summed E-state index contributed by atoms with van der Waals surface area (Å²) >= 11 is 1.61. The number of thioether (sulfide) groups is 1. The van der Waals surface area contributed by atoms with E-state index >= 15 is 0 Å². The zero-order valence-electron chi connectivity index (χ0n) is 11.6. The first kappa shape index (κ1) is 13.2. The van der Waals surface area contributed by atoms with Gasteiger partial charge in [-0.2, -0.15) is 0 Å². The molecule has 0 aromatic carbocycles. The van der Waals surface area contributed by atoms with Crippen molar-refractivity contribution in [2.75, 3.05) is 37.3 Å². The van der Waals surface area contributed by atoms with Crippen LogP contribution in [0.15, 0.2) is 17.4 Å². The molecule has 1 saturated heterocycles. The zero-order chi connectivity index (χ0) is 13.1. The molecule has 19 heavy (non-hydrogen) atoms. The maximum absolute atomic E-state index is 4.60. The van der Waals surface area contributed by atoms with Crippen molar-refractivity contribution >= 4 is 17.6 Å². The van der Waals surface area contributed by atoms with Crippen LogP contribution >= 0.6 is 11.8 Å². The van der Waals surface area contributed by atoms with Crippen LogP contribution in [0, 0.1) is 0 Å². The molecule has 0 amide bonds. The second-order valence-corrected chi connectivity index (χ2v) is 6.14. The van der Waals surface area contributed by atoms with E-state index in [0.29, 0.717) is 0 Å². The van der Waals surface area contributed by atoms with Crippen LogP contribution in [0.2, 0.25) is 0 Å². The maximum atomic E-state index is 4.60. The van der Waals surface area contributed by atoms with Gasteiger partial charge in [-0.1, -0.05) is 24.6 Å². The number of rotatable bonds is 3. The summed E-state index contributed by atoms with van der Waals surface area (Å²) in [4.78, 5) is 13.9. The van der Waals surface area contributed by atoms with E-state index < -0.39 is 0 Å². The molecular formula is C14H22N4S. The van der Waals surface area contributed by atoms with Crippen molar-refractivity contribution in [2.24, 2.45) is 0 Å². The van der Waals surface area contributed by atoms with Crippen molar-refractivity contribution in [3.8, 4) is 0 Å². The summed E-state index contributed by atoms with van der Waals surface area (Å²) in [5, 5.41) is 0.871. The van der Waals surface area contributed by atoms with E-state index in [1.54, 1.807) is 11.8 Å². The molecule has 2 heterocycles. The Kier molecular flexibility index (Phi) is 4.23. The zero-order valence-corrected chi connectivity index (χ0v) is 12.4. The minimum Gasteiger partial charge on any atom is -0.354 e. The highest BCUT2D eigenvalue weighted by Crippen LogP contribution is 2.25. The highest BCUT2D eigenvalue weighted by molar-refractivity contribution is 7.98. The quantitative estimate of drug-likeness (QED) is 0.625. The van der Waals surface area contributed by atoms with Gasteiger partial charge in [0.2, 0.25) is 0 Å². The van der Waals surface area contributed by atoms with Crippen LogP contribution in [-0.4, -0.2) is 53.3 Å². The second-order valence-electron chi connectivity index (χ2n) is 5.36. The minimum atomic E-state index is 0.856. The first-order valence-electron chi connectivity index (χ1n) is 7.23. The molecule has 0 N–H and O–H groups in total. The van der Waals surface area contributed by atoms with Crippen molar-refractivity contribution in [1.29, 1.82) is 0 Å². The average Bonchev–Trinajstić information content (AvgIpc) is 3.02. The van der Waals surface area contributed by atoms with Gasteiger partial charge < -0.3 is 4.90 Å². The molecule has 5 heteroatoms. The Morgan fingerprint density at radius 2 is 1.89 bits per heavy atom. The molecule has 2 aliphatic rings. The fourth-order valence-corrected chi connectivity index (χ4v) is 3.54. The summed E-state index contributed by atoms with van der Waals surface area (Å²) in [6.07, 6.45) is 9.56. The third-order valence-electron chi connectivity index (χ3n) is 4.28. The van der Waals surface area contributed by atoms with Crippen LogP contribution in [0.4, 0.5) is 5.82 Å². The van der Waals surface area contributed by atoms with Gasteiger partial charge in [-0.3, -0.25) is 4.90 Å². The molecule has 0 bridgehead atoms. The Balaban J connectivity index is 1.59. The van der Waals surface area contributed by atoms with Gasteiger partial charge in [0.1, 0.15) is 5.82 Å². The Morgan fingerprint density at radius 1 is 1.16 bits per heavy atom. The van der Waals surface area contributed by atoms with Crippen molar-refractivity contribution in [1.82, 2.24) is 14.9 Å². The van der Waals surface area contributed by atoms with Crippen molar-refractivity contribution in [3.63, 3.8) is 0 Å².